The van der Waals surface area contributed by atoms with Crippen molar-refractivity contribution in [3.63, 3.8) is 0 Å². The zero-order chi connectivity index (χ0) is 12.9. The first-order valence-corrected chi connectivity index (χ1v) is 7.67. The van der Waals surface area contributed by atoms with Crippen LogP contribution in [0.3, 0.4) is 0 Å². The number of nitrogens with one attached hydrogen (secondary N) is 1. The molecule has 19 heavy (non-hydrogen) atoms. The van der Waals surface area contributed by atoms with Gasteiger partial charge in [0.1, 0.15) is 0 Å². The van der Waals surface area contributed by atoms with E-state index in [0.29, 0.717) is 6.04 Å². The zero-order valence-electron chi connectivity index (χ0n) is 11.6. The number of nitrogens with zero attached hydrogens (tertiary/aromatic N) is 3. The van der Waals surface area contributed by atoms with Crippen LogP contribution in [0.15, 0.2) is 18.5 Å². The lowest BCUT2D eigenvalue weighted by Crippen LogP contribution is -2.44. The quantitative estimate of drug-likeness (QED) is 0.901. The summed E-state index contributed by atoms with van der Waals surface area (Å²) in [6.45, 7) is 3.38. The standard InChI is InChI=1S/C15H24N4/c1-2-5-13(4-1)12-18-14-6-10-19(11-7-14)15-16-8-3-9-17-15/h3,8-9,13-14,18H,1-2,4-7,10-12H2. The highest BCUT2D eigenvalue weighted by atomic mass is 15.3. The SMILES string of the molecule is c1cnc(N2CCC(NCC3CCCC3)CC2)nc1. The molecular formula is C15H24N4. The molecule has 0 amide bonds. The summed E-state index contributed by atoms with van der Waals surface area (Å²) in [5, 5.41) is 3.77. The Balaban J connectivity index is 1.42. The van der Waals surface area contributed by atoms with Crippen LogP contribution < -0.4 is 10.2 Å². The number of piperidine rings is 1. The Morgan fingerprint density at radius 3 is 2.42 bits per heavy atom. The molecule has 0 aromatic carbocycles. The van der Waals surface area contributed by atoms with Crippen molar-refractivity contribution in [2.24, 2.45) is 5.92 Å². The molecule has 1 saturated heterocycles. The number of hydrogen-bond donors (Lipinski definition) is 1. The summed E-state index contributed by atoms with van der Waals surface area (Å²) in [4.78, 5) is 11.0. The van der Waals surface area contributed by atoms with Crippen LogP contribution in [0.1, 0.15) is 38.5 Å². The molecule has 0 unspecified atom stereocenters. The minimum Gasteiger partial charge on any atom is -0.341 e. The predicted molar refractivity (Wildman–Crippen MR) is 77.2 cm³/mol. The average Bonchev–Trinajstić information content (AvgIpc) is 3.00. The molecule has 3 rings (SSSR count). The van der Waals surface area contributed by atoms with Gasteiger partial charge in [-0.05, 0) is 44.2 Å². The van der Waals surface area contributed by atoms with Crippen molar-refractivity contribution in [1.29, 1.82) is 0 Å². The average molecular weight is 260 g/mol. The monoisotopic (exact) mass is 260 g/mol. The van der Waals surface area contributed by atoms with Crippen LogP contribution in [0.2, 0.25) is 0 Å². The van der Waals surface area contributed by atoms with Crippen LogP contribution in [-0.4, -0.2) is 35.6 Å². The number of anilines is 1. The second-order valence-electron chi connectivity index (χ2n) is 5.87. The molecular weight excluding hydrogens is 236 g/mol. The van der Waals surface area contributed by atoms with Crippen molar-refractivity contribution < 1.29 is 0 Å². The Labute approximate surface area is 115 Å². The van der Waals surface area contributed by atoms with Crippen molar-refractivity contribution in [1.82, 2.24) is 15.3 Å². The fraction of sp³-hybridized carbons (Fsp3) is 0.733. The first kappa shape index (κ1) is 12.9. The zero-order valence-corrected chi connectivity index (χ0v) is 11.6. The third-order valence-electron chi connectivity index (χ3n) is 4.50. The summed E-state index contributed by atoms with van der Waals surface area (Å²) in [5.74, 6) is 1.83. The summed E-state index contributed by atoms with van der Waals surface area (Å²) in [6, 6.07) is 2.57. The summed E-state index contributed by atoms with van der Waals surface area (Å²) in [6.07, 6.45) is 11.8. The minimum absolute atomic E-state index is 0.695. The molecule has 104 valence electrons. The first-order valence-electron chi connectivity index (χ1n) is 7.67. The fourth-order valence-corrected chi connectivity index (χ4v) is 3.29. The topological polar surface area (TPSA) is 41.1 Å². The van der Waals surface area contributed by atoms with Crippen molar-refractivity contribution in [3.8, 4) is 0 Å². The van der Waals surface area contributed by atoms with Gasteiger partial charge in [0.25, 0.3) is 0 Å². The van der Waals surface area contributed by atoms with Gasteiger partial charge in [-0.25, -0.2) is 9.97 Å². The van der Waals surface area contributed by atoms with Crippen molar-refractivity contribution >= 4 is 5.95 Å². The minimum atomic E-state index is 0.695. The van der Waals surface area contributed by atoms with Gasteiger partial charge >= 0.3 is 0 Å². The van der Waals surface area contributed by atoms with Gasteiger partial charge in [0.05, 0.1) is 0 Å². The molecule has 4 heteroatoms. The summed E-state index contributed by atoms with van der Waals surface area (Å²) >= 11 is 0. The van der Waals surface area contributed by atoms with Gasteiger partial charge in [-0.15, -0.1) is 0 Å². The van der Waals surface area contributed by atoms with Gasteiger partial charge in [-0.1, -0.05) is 12.8 Å². The second-order valence-corrected chi connectivity index (χ2v) is 5.87. The van der Waals surface area contributed by atoms with Crippen LogP contribution in [0.5, 0.6) is 0 Å². The van der Waals surface area contributed by atoms with Crippen molar-refractivity contribution in [2.45, 2.75) is 44.6 Å². The normalized spacial score (nSPS) is 22.0. The summed E-state index contributed by atoms with van der Waals surface area (Å²) in [5.41, 5.74) is 0. The maximum atomic E-state index is 4.33. The highest BCUT2D eigenvalue weighted by Gasteiger charge is 2.22. The van der Waals surface area contributed by atoms with Crippen LogP contribution in [0.4, 0.5) is 5.95 Å². The van der Waals surface area contributed by atoms with Crippen molar-refractivity contribution in [2.75, 3.05) is 24.5 Å². The molecule has 1 saturated carbocycles. The van der Waals surface area contributed by atoms with Gasteiger partial charge in [-0.2, -0.15) is 0 Å². The maximum Gasteiger partial charge on any atom is 0.225 e. The van der Waals surface area contributed by atoms with E-state index in [9.17, 15) is 0 Å². The fourth-order valence-electron chi connectivity index (χ4n) is 3.29. The van der Waals surface area contributed by atoms with Gasteiger partial charge < -0.3 is 10.2 Å². The van der Waals surface area contributed by atoms with Crippen LogP contribution in [-0.2, 0) is 0 Å². The van der Waals surface area contributed by atoms with E-state index < -0.39 is 0 Å². The number of hydrogen-bond acceptors (Lipinski definition) is 4. The van der Waals surface area contributed by atoms with E-state index in [1.165, 1.54) is 45.1 Å². The second kappa shape index (κ2) is 6.33. The molecule has 1 aromatic heterocycles. The van der Waals surface area contributed by atoms with E-state index in [4.69, 9.17) is 0 Å². The third kappa shape index (κ3) is 3.44. The third-order valence-corrected chi connectivity index (χ3v) is 4.50. The van der Waals surface area contributed by atoms with Gasteiger partial charge in [0, 0.05) is 31.5 Å². The molecule has 0 radical (unpaired) electrons. The lowest BCUT2D eigenvalue weighted by molar-refractivity contribution is 0.375. The van der Waals surface area contributed by atoms with E-state index in [0.717, 1.165) is 25.0 Å². The van der Waals surface area contributed by atoms with Crippen LogP contribution in [0, 0.1) is 5.92 Å². The van der Waals surface area contributed by atoms with Crippen LogP contribution >= 0.6 is 0 Å². The molecule has 4 nitrogen and oxygen atoms in total. The van der Waals surface area contributed by atoms with Crippen molar-refractivity contribution in [3.05, 3.63) is 18.5 Å². The molecule has 0 atom stereocenters. The highest BCUT2D eigenvalue weighted by Crippen LogP contribution is 2.24. The molecule has 1 aliphatic heterocycles. The lowest BCUT2D eigenvalue weighted by Gasteiger charge is -2.32. The predicted octanol–water partition coefficient (Wildman–Crippen LogP) is 2.23. The van der Waals surface area contributed by atoms with Gasteiger partial charge in [0.15, 0.2) is 0 Å². The Kier molecular flexibility index (Phi) is 4.28. The lowest BCUT2D eigenvalue weighted by atomic mass is 10.0. The molecule has 1 N–H and O–H groups in total. The smallest absolute Gasteiger partial charge is 0.225 e. The maximum absolute atomic E-state index is 4.33. The molecule has 2 heterocycles. The van der Waals surface area contributed by atoms with E-state index in [-0.39, 0.29) is 0 Å². The van der Waals surface area contributed by atoms with E-state index in [1.807, 2.05) is 18.5 Å². The highest BCUT2D eigenvalue weighted by molar-refractivity contribution is 5.29. The van der Waals surface area contributed by atoms with Gasteiger partial charge in [-0.3, -0.25) is 0 Å². The Morgan fingerprint density at radius 2 is 1.74 bits per heavy atom. The van der Waals surface area contributed by atoms with Crippen LogP contribution in [0.25, 0.3) is 0 Å². The molecule has 0 spiro atoms. The largest absolute Gasteiger partial charge is 0.341 e. The Morgan fingerprint density at radius 1 is 1.05 bits per heavy atom. The van der Waals surface area contributed by atoms with E-state index in [2.05, 4.69) is 20.2 Å². The summed E-state index contributed by atoms with van der Waals surface area (Å²) < 4.78 is 0. The Hall–Kier alpha value is -1.16. The van der Waals surface area contributed by atoms with E-state index >= 15 is 0 Å². The van der Waals surface area contributed by atoms with E-state index in [1.54, 1.807) is 0 Å². The molecule has 1 aliphatic carbocycles. The molecule has 2 aliphatic rings. The van der Waals surface area contributed by atoms with Gasteiger partial charge in [0.2, 0.25) is 5.95 Å². The molecule has 2 fully saturated rings. The number of aromatic nitrogens is 2. The molecule has 0 bridgehead atoms. The summed E-state index contributed by atoms with van der Waals surface area (Å²) in [7, 11) is 0. The Bertz CT molecular complexity index is 367. The molecule has 1 aromatic rings. The number of rotatable bonds is 4. The first-order chi connectivity index (χ1) is 9.42.